The quantitative estimate of drug-likeness (QED) is 0.780. The summed E-state index contributed by atoms with van der Waals surface area (Å²) >= 11 is 0. The minimum atomic E-state index is -3.45. The van der Waals surface area contributed by atoms with Gasteiger partial charge in [-0.15, -0.1) is 0 Å². The topological polar surface area (TPSA) is 87.8 Å². The van der Waals surface area contributed by atoms with Crippen molar-refractivity contribution in [2.75, 3.05) is 40.4 Å². The van der Waals surface area contributed by atoms with E-state index in [-0.39, 0.29) is 12.6 Å². The van der Waals surface area contributed by atoms with E-state index in [4.69, 9.17) is 9.47 Å². The molecule has 0 bridgehead atoms. The van der Waals surface area contributed by atoms with Gasteiger partial charge in [0, 0.05) is 39.3 Å². The number of ether oxygens (including phenoxy) is 2. The lowest BCUT2D eigenvalue weighted by atomic mass is 10.2. The third kappa shape index (κ3) is 4.42. The molecular weight excluding hydrogens is 356 g/mol. The maximum atomic E-state index is 12.3. The number of hydrogen-bond acceptors (Lipinski definition) is 5. The Hall–Kier alpha value is -1.94. The van der Waals surface area contributed by atoms with Crippen LogP contribution in [-0.4, -0.2) is 67.6 Å². The third-order valence-electron chi connectivity index (χ3n) is 4.18. The van der Waals surface area contributed by atoms with Crippen LogP contribution in [0.15, 0.2) is 36.4 Å². The third-order valence-corrected chi connectivity index (χ3v) is 6.09. The molecule has 8 nitrogen and oxygen atoms in total. The number of hydrogen-bond donors (Lipinski definition) is 1. The zero-order valence-corrected chi connectivity index (χ0v) is 15.8. The minimum Gasteiger partial charge on any atom is -0.493 e. The smallest absolute Gasteiger partial charge is 0.281 e. The van der Waals surface area contributed by atoms with E-state index in [2.05, 4.69) is 10.2 Å². The average Bonchev–Trinajstić information content (AvgIpc) is 3.11. The molecule has 142 valence electrons. The van der Waals surface area contributed by atoms with Crippen LogP contribution in [0, 0.1) is 0 Å². The molecule has 3 rings (SSSR count). The van der Waals surface area contributed by atoms with E-state index in [1.165, 1.54) is 22.7 Å². The molecule has 0 saturated carbocycles. The van der Waals surface area contributed by atoms with Crippen LogP contribution < -0.4 is 4.74 Å². The first-order valence-electron chi connectivity index (χ1n) is 8.48. The van der Waals surface area contributed by atoms with Crippen LogP contribution in [0.4, 0.5) is 0 Å². The van der Waals surface area contributed by atoms with E-state index >= 15 is 0 Å². The zero-order valence-electron chi connectivity index (χ0n) is 15.0. The molecule has 1 fully saturated rings. The Morgan fingerprint density at radius 1 is 1.35 bits per heavy atom. The highest BCUT2D eigenvalue weighted by atomic mass is 32.2. The number of nitrogens with one attached hydrogen (secondary N) is 1. The second-order valence-electron chi connectivity index (χ2n) is 6.24. The molecule has 0 amide bonds. The lowest BCUT2D eigenvalue weighted by Gasteiger charge is -2.32. The molecule has 0 spiro atoms. The lowest BCUT2D eigenvalue weighted by Crippen LogP contribution is -2.47. The fraction of sp³-hybridized carbons (Fsp3) is 0.471. The highest BCUT2D eigenvalue weighted by Crippen LogP contribution is 2.23. The standard InChI is InChI=1S/C17H24N4O4S/c1-20(2)26(22,23)21-9-11-25-17(13-21)16-12-14(18-19-16)8-10-24-15-6-4-3-5-7-15/h3-7,12,17H,8-11,13H2,1-2H3,(H,18,19). The molecular formula is C17H24N4O4S. The van der Waals surface area contributed by atoms with Crippen LogP contribution >= 0.6 is 0 Å². The maximum absolute atomic E-state index is 12.3. The lowest BCUT2D eigenvalue weighted by molar-refractivity contribution is -0.00625. The second-order valence-corrected chi connectivity index (χ2v) is 8.38. The number of H-pyrrole nitrogens is 1. The minimum absolute atomic E-state index is 0.255. The molecule has 0 radical (unpaired) electrons. The molecule has 1 atom stereocenters. The van der Waals surface area contributed by atoms with Crippen molar-refractivity contribution in [3.8, 4) is 5.75 Å². The first-order chi connectivity index (χ1) is 12.5. The van der Waals surface area contributed by atoms with Gasteiger partial charge in [0.1, 0.15) is 11.9 Å². The fourth-order valence-electron chi connectivity index (χ4n) is 2.71. The largest absolute Gasteiger partial charge is 0.493 e. The van der Waals surface area contributed by atoms with Gasteiger partial charge in [-0.2, -0.15) is 22.1 Å². The van der Waals surface area contributed by atoms with Gasteiger partial charge in [-0.25, -0.2) is 0 Å². The number of aromatic nitrogens is 2. The van der Waals surface area contributed by atoms with E-state index in [0.29, 0.717) is 31.9 Å². The molecule has 1 unspecified atom stereocenters. The Labute approximate surface area is 153 Å². The highest BCUT2D eigenvalue weighted by Gasteiger charge is 2.32. The number of para-hydroxylation sites is 1. The summed E-state index contributed by atoms with van der Waals surface area (Å²) in [5.41, 5.74) is 1.63. The van der Waals surface area contributed by atoms with Crippen molar-refractivity contribution in [1.82, 2.24) is 18.8 Å². The SMILES string of the molecule is CN(C)S(=O)(=O)N1CCOC(c2cc(CCOc3ccccc3)[nH]n2)C1. The van der Waals surface area contributed by atoms with Crippen LogP contribution in [0.5, 0.6) is 5.75 Å². The molecule has 2 heterocycles. The van der Waals surface area contributed by atoms with Crippen LogP contribution in [0.2, 0.25) is 0 Å². The summed E-state index contributed by atoms with van der Waals surface area (Å²) in [5.74, 6) is 0.826. The normalized spacial score (nSPS) is 19.0. The van der Waals surface area contributed by atoms with Crippen molar-refractivity contribution in [1.29, 1.82) is 0 Å². The van der Waals surface area contributed by atoms with Crippen LogP contribution in [0.1, 0.15) is 17.5 Å². The number of benzene rings is 1. The first-order valence-corrected chi connectivity index (χ1v) is 9.88. The summed E-state index contributed by atoms with van der Waals surface area (Å²) in [6.45, 7) is 1.47. The zero-order chi connectivity index (χ0) is 18.6. The molecule has 26 heavy (non-hydrogen) atoms. The number of rotatable bonds is 7. The van der Waals surface area contributed by atoms with E-state index in [1.807, 2.05) is 36.4 Å². The van der Waals surface area contributed by atoms with Crippen molar-refractivity contribution >= 4 is 10.2 Å². The first kappa shape index (κ1) is 18.8. The predicted octanol–water partition coefficient (Wildman–Crippen LogP) is 1.21. The van der Waals surface area contributed by atoms with Crippen LogP contribution in [0.25, 0.3) is 0 Å². The van der Waals surface area contributed by atoms with E-state index in [1.54, 1.807) is 0 Å². The van der Waals surface area contributed by atoms with E-state index < -0.39 is 10.2 Å². The molecule has 1 N–H and O–H groups in total. The average molecular weight is 380 g/mol. The Balaban J connectivity index is 1.57. The monoisotopic (exact) mass is 380 g/mol. The van der Waals surface area contributed by atoms with Gasteiger partial charge < -0.3 is 9.47 Å². The van der Waals surface area contributed by atoms with Crippen molar-refractivity contribution < 1.29 is 17.9 Å². The summed E-state index contributed by atoms with van der Waals surface area (Å²) in [6.07, 6.45) is 0.299. The molecule has 9 heteroatoms. The Morgan fingerprint density at radius 2 is 2.12 bits per heavy atom. The van der Waals surface area contributed by atoms with Crippen molar-refractivity contribution in [2.45, 2.75) is 12.5 Å². The van der Waals surface area contributed by atoms with Crippen LogP contribution in [0.3, 0.4) is 0 Å². The molecule has 1 saturated heterocycles. The molecule has 2 aromatic rings. The number of nitrogens with zero attached hydrogens (tertiary/aromatic N) is 3. The summed E-state index contributed by atoms with van der Waals surface area (Å²) < 4.78 is 38.6. The van der Waals surface area contributed by atoms with E-state index in [9.17, 15) is 8.42 Å². The Bertz CT molecular complexity index is 807. The van der Waals surface area contributed by atoms with Crippen molar-refractivity contribution in [3.05, 3.63) is 47.8 Å². The molecule has 0 aliphatic carbocycles. The molecule has 1 aliphatic rings. The molecule has 1 aromatic carbocycles. The second kappa shape index (κ2) is 8.17. The van der Waals surface area contributed by atoms with Gasteiger partial charge in [-0.3, -0.25) is 5.10 Å². The Morgan fingerprint density at radius 3 is 2.85 bits per heavy atom. The highest BCUT2D eigenvalue weighted by molar-refractivity contribution is 7.86. The molecule has 1 aromatic heterocycles. The number of morpholine rings is 1. The van der Waals surface area contributed by atoms with Crippen molar-refractivity contribution in [2.24, 2.45) is 0 Å². The summed E-state index contributed by atoms with van der Waals surface area (Å²) in [6, 6.07) is 11.5. The van der Waals surface area contributed by atoms with Crippen molar-refractivity contribution in [3.63, 3.8) is 0 Å². The van der Waals surface area contributed by atoms with Gasteiger partial charge in [0.25, 0.3) is 10.2 Å². The van der Waals surface area contributed by atoms with Gasteiger partial charge in [0.2, 0.25) is 0 Å². The van der Waals surface area contributed by atoms with Gasteiger partial charge in [-0.05, 0) is 18.2 Å². The molecule has 1 aliphatic heterocycles. The predicted molar refractivity (Wildman–Crippen MR) is 97.1 cm³/mol. The maximum Gasteiger partial charge on any atom is 0.281 e. The van der Waals surface area contributed by atoms with Gasteiger partial charge >= 0.3 is 0 Å². The van der Waals surface area contributed by atoms with Crippen LogP contribution in [-0.2, 0) is 21.4 Å². The van der Waals surface area contributed by atoms with Gasteiger partial charge in [-0.1, -0.05) is 18.2 Å². The Kier molecular flexibility index (Phi) is 5.92. The summed E-state index contributed by atoms with van der Waals surface area (Å²) in [7, 11) is -0.396. The summed E-state index contributed by atoms with van der Waals surface area (Å²) in [5, 5.41) is 7.26. The van der Waals surface area contributed by atoms with E-state index in [0.717, 1.165) is 11.4 Å². The number of aromatic amines is 1. The fourth-order valence-corrected chi connectivity index (χ4v) is 3.80. The van der Waals surface area contributed by atoms with Gasteiger partial charge in [0.05, 0.1) is 18.9 Å². The van der Waals surface area contributed by atoms with Gasteiger partial charge in [0.15, 0.2) is 0 Å². The summed E-state index contributed by atoms with van der Waals surface area (Å²) in [4.78, 5) is 0.